The maximum Gasteiger partial charge on any atom is 0.227 e. The highest BCUT2D eigenvalue weighted by atomic mass is 35.5. The molecule has 1 aliphatic rings. The summed E-state index contributed by atoms with van der Waals surface area (Å²) in [4.78, 5) is 12.1. The molecule has 1 amide bonds. The van der Waals surface area contributed by atoms with Gasteiger partial charge in [0, 0.05) is 11.6 Å². The zero-order valence-corrected chi connectivity index (χ0v) is 11.6. The normalized spacial score (nSPS) is 23.1. The van der Waals surface area contributed by atoms with E-state index in [0.29, 0.717) is 11.6 Å². The van der Waals surface area contributed by atoms with E-state index in [-0.39, 0.29) is 27.6 Å². The molecule has 0 bridgehead atoms. The highest BCUT2D eigenvalue weighted by Gasteiger charge is 2.29. The summed E-state index contributed by atoms with van der Waals surface area (Å²) in [5.41, 5.74) is 0.520. The Bertz CT molecular complexity index is 453. The Hall–Kier alpha value is -0.930. The van der Waals surface area contributed by atoms with Gasteiger partial charge in [0.2, 0.25) is 5.91 Å². The number of carbonyl (C=O) groups is 1. The van der Waals surface area contributed by atoms with Crippen LogP contribution < -0.4 is 5.32 Å². The van der Waals surface area contributed by atoms with Crippen molar-refractivity contribution in [1.82, 2.24) is 0 Å². The highest BCUT2D eigenvalue weighted by molar-refractivity contribution is 6.37. The number of hydrogen-bond acceptors (Lipinski definition) is 2. The maximum atomic E-state index is 12.1. The average Bonchev–Trinajstić information content (AvgIpc) is 2.72. The van der Waals surface area contributed by atoms with Crippen LogP contribution in [0.25, 0.3) is 0 Å². The van der Waals surface area contributed by atoms with Crippen molar-refractivity contribution in [2.24, 2.45) is 11.8 Å². The van der Waals surface area contributed by atoms with Gasteiger partial charge in [-0.2, -0.15) is 0 Å². The second-order valence-corrected chi connectivity index (χ2v) is 5.61. The van der Waals surface area contributed by atoms with Crippen LogP contribution in [0, 0.1) is 11.8 Å². The summed E-state index contributed by atoms with van der Waals surface area (Å²) < 4.78 is 0. The van der Waals surface area contributed by atoms with E-state index >= 15 is 0 Å². The lowest BCUT2D eigenvalue weighted by molar-refractivity contribution is -0.120. The largest absolute Gasteiger partial charge is 0.505 e. The number of halogens is 2. The van der Waals surface area contributed by atoms with Gasteiger partial charge in [0.25, 0.3) is 0 Å². The van der Waals surface area contributed by atoms with Crippen LogP contribution >= 0.6 is 23.2 Å². The number of phenolic OH excluding ortho intramolecular Hbond substituents is 1. The van der Waals surface area contributed by atoms with Crippen LogP contribution in [-0.2, 0) is 4.79 Å². The fourth-order valence-corrected chi connectivity index (χ4v) is 2.89. The summed E-state index contributed by atoms with van der Waals surface area (Å²) in [5.74, 6) is 0.299. The van der Waals surface area contributed by atoms with Gasteiger partial charge in [0.05, 0.1) is 10.0 Å². The van der Waals surface area contributed by atoms with Crippen LogP contribution in [0.3, 0.4) is 0 Å². The van der Waals surface area contributed by atoms with E-state index in [1.807, 2.05) is 0 Å². The van der Waals surface area contributed by atoms with Crippen LogP contribution in [0.5, 0.6) is 5.75 Å². The van der Waals surface area contributed by atoms with E-state index in [0.717, 1.165) is 19.3 Å². The van der Waals surface area contributed by atoms with Gasteiger partial charge in [-0.1, -0.05) is 36.5 Å². The Morgan fingerprint density at radius 1 is 1.33 bits per heavy atom. The van der Waals surface area contributed by atoms with Crippen molar-refractivity contribution >= 4 is 34.8 Å². The number of anilines is 1. The molecule has 98 valence electrons. The summed E-state index contributed by atoms with van der Waals surface area (Å²) in [7, 11) is 0. The molecule has 2 rings (SSSR count). The van der Waals surface area contributed by atoms with Crippen molar-refractivity contribution in [3.05, 3.63) is 22.2 Å². The number of benzene rings is 1. The molecule has 1 aliphatic carbocycles. The summed E-state index contributed by atoms with van der Waals surface area (Å²) in [6, 6.07) is 3.00. The van der Waals surface area contributed by atoms with E-state index in [1.54, 1.807) is 0 Å². The van der Waals surface area contributed by atoms with E-state index in [1.165, 1.54) is 12.1 Å². The van der Waals surface area contributed by atoms with E-state index in [2.05, 4.69) is 12.2 Å². The number of amides is 1. The Kier molecular flexibility index (Phi) is 4.03. The molecule has 0 saturated heterocycles. The third-order valence-corrected chi connectivity index (χ3v) is 4.06. The molecule has 0 aromatic heterocycles. The molecule has 0 heterocycles. The molecule has 0 spiro atoms. The molecular weight excluding hydrogens is 273 g/mol. The van der Waals surface area contributed by atoms with Crippen molar-refractivity contribution in [2.75, 3.05) is 5.32 Å². The number of rotatable bonds is 2. The van der Waals surface area contributed by atoms with Crippen molar-refractivity contribution in [1.29, 1.82) is 0 Å². The van der Waals surface area contributed by atoms with Crippen molar-refractivity contribution in [2.45, 2.75) is 26.2 Å². The van der Waals surface area contributed by atoms with Gasteiger partial charge < -0.3 is 10.4 Å². The number of hydrogen-bond donors (Lipinski definition) is 2. The molecule has 3 nitrogen and oxygen atoms in total. The lowest BCUT2D eigenvalue weighted by Crippen LogP contribution is -2.24. The third kappa shape index (κ3) is 2.73. The van der Waals surface area contributed by atoms with Crippen LogP contribution in [0.2, 0.25) is 10.0 Å². The first-order valence-electron chi connectivity index (χ1n) is 5.98. The minimum atomic E-state index is -0.162. The molecular formula is C13H15Cl2NO2. The van der Waals surface area contributed by atoms with Gasteiger partial charge in [-0.05, 0) is 30.9 Å². The van der Waals surface area contributed by atoms with Gasteiger partial charge in [-0.3, -0.25) is 4.79 Å². The molecule has 0 radical (unpaired) electrons. The van der Waals surface area contributed by atoms with Crippen molar-refractivity contribution in [3.8, 4) is 5.75 Å². The van der Waals surface area contributed by atoms with Gasteiger partial charge in [0.1, 0.15) is 0 Å². The number of aromatic hydroxyl groups is 1. The lowest BCUT2D eigenvalue weighted by atomic mass is 9.97. The zero-order valence-electron chi connectivity index (χ0n) is 10.0. The fourth-order valence-electron chi connectivity index (χ4n) is 2.41. The molecule has 0 aliphatic heterocycles. The summed E-state index contributed by atoms with van der Waals surface area (Å²) in [6.07, 6.45) is 3.11. The van der Waals surface area contributed by atoms with E-state index in [4.69, 9.17) is 23.2 Å². The minimum absolute atomic E-state index is 0.00202. The molecule has 2 atom stereocenters. The molecule has 5 heteroatoms. The monoisotopic (exact) mass is 287 g/mol. The lowest BCUT2D eigenvalue weighted by Gasteiger charge is -2.15. The number of carbonyl (C=O) groups excluding carboxylic acids is 1. The first-order chi connectivity index (χ1) is 8.49. The first-order valence-corrected chi connectivity index (χ1v) is 6.73. The van der Waals surface area contributed by atoms with Gasteiger partial charge in [-0.15, -0.1) is 0 Å². The molecule has 2 N–H and O–H groups in total. The highest BCUT2D eigenvalue weighted by Crippen LogP contribution is 2.36. The summed E-state index contributed by atoms with van der Waals surface area (Å²) >= 11 is 11.6. The summed E-state index contributed by atoms with van der Waals surface area (Å²) in [5, 5.41) is 12.5. The Balaban J connectivity index is 2.12. The summed E-state index contributed by atoms with van der Waals surface area (Å²) in [6.45, 7) is 2.09. The smallest absolute Gasteiger partial charge is 0.227 e. The number of nitrogens with one attached hydrogen (secondary N) is 1. The van der Waals surface area contributed by atoms with Crippen LogP contribution in [0.15, 0.2) is 12.1 Å². The Morgan fingerprint density at radius 3 is 2.44 bits per heavy atom. The average molecular weight is 288 g/mol. The second-order valence-electron chi connectivity index (χ2n) is 4.79. The minimum Gasteiger partial charge on any atom is -0.505 e. The quantitative estimate of drug-likeness (QED) is 0.806. The predicted molar refractivity (Wildman–Crippen MR) is 73.3 cm³/mol. The molecule has 2 unspecified atom stereocenters. The van der Waals surface area contributed by atoms with Gasteiger partial charge in [0.15, 0.2) is 5.75 Å². The van der Waals surface area contributed by atoms with E-state index < -0.39 is 0 Å². The molecule has 18 heavy (non-hydrogen) atoms. The predicted octanol–water partition coefficient (Wildman–Crippen LogP) is 4.07. The Labute approximate surface area is 116 Å². The number of phenols is 1. The molecule has 1 aromatic rings. The molecule has 1 aromatic carbocycles. The van der Waals surface area contributed by atoms with Crippen LogP contribution in [0.4, 0.5) is 5.69 Å². The maximum absolute atomic E-state index is 12.1. The van der Waals surface area contributed by atoms with Crippen LogP contribution in [-0.4, -0.2) is 11.0 Å². The van der Waals surface area contributed by atoms with Crippen LogP contribution in [0.1, 0.15) is 26.2 Å². The van der Waals surface area contributed by atoms with Crippen molar-refractivity contribution < 1.29 is 9.90 Å². The molecule has 1 saturated carbocycles. The zero-order chi connectivity index (χ0) is 13.3. The Morgan fingerprint density at radius 2 is 1.94 bits per heavy atom. The van der Waals surface area contributed by atoms with Crippen molar-refractivity contribution in [3.63, 3.8) is 0 Å². The second kappa shape index (κ2) is 5.37. The topological polar surface area (TPSA) is 49.3 Å². The van der Waals surface area contributed by atoms with E-state index in [9.17, 15) is 9.90 Å². The fraction of sp³-hybridized carbons (Fsp3) is 0.462. The molecule has 1 fully saturated rings. The SMILES string of the molecule is CC1CCCC1C(=O)Nc1cc(Cl)c(O)c(Cl)c1. The standard InChI is InChI=1S/C13H15Cl2NO2/c1-7-3-2-4-9(7)13(18)16-8-5-10(14)12(17)11(15)6-8/h5-7,9,17H,2-4H2,1H3,(H,16,18). The third-order valence-electron chi connectivity index (χ3n) is 3.48. The first kappa shape index (κ1) is 13.5. The van der Waals surface area contributed by atoms with Gasteiger partial charge in [-0.25, -0.2) is 0 Å². The van der Waals surface area contributed by atoms with Gasteiger partial charge >= 0.3 is 0 Å².